The second kappa shape index (κ2) is 2.69. The molecule has 6 heteroatoms. The number of hydrogen-bond donors (Lipinski definition) is 1. The molecule has 0 amide bonds. The Morgan fingerprint density at radius 3 is 3.07 bits per heavy atom. The summed E-state index contributed by atoms with van der Waals surface area (Å²) < 4.78 is 7.14. The summed E-state index contributed by atoms with van der Waals surface area (Å²) in [5.41, 5.74) is 7.46. The first-order valence-electron chi connectivity index (χ1n) is 4.54. The number of anilines is 1. The third kappa shape index (κ3) is 1.08. The number of nitrogens with two attached hydrogens (primary N) is 1. The van der Waals surface area contributed by atoms with Crippen LogP contribution < -0.4 is 10.5 Å². The first kappa shape index (κ1) is 8.22. The molecule has 2 aromatic rings. The Bertz CT molecular complexity index is 521. The predicted molar refractivity (Wildman–Crippen MR) is 52.1 cm³/mol. The summed E-state index contributed by atoms with van der Waals surface area (Å²) in [6.07, 6.45) is -0.191. The summed E-state index contributed by atoms with van der Waals surface area (Å²) in [6.45, 7) is 0. The fourth-order valence-electron chi connectivity index (χ4n) is 1.66. The molecule has 76 valence electrons. The highest BCUT2D eigenvalue weighted by molar-refractivity contribution is 5.54. The number of fused-ring (bicyclic) bond motifs is 1. The molecular formula is C9H9N5O. The van der Waals surface area contributed by atoms with Gasteiger partial charge in [0.05, 0.1) is 0 Å². The monoisotopic (exact) mass is 203 g/mol. The van der Waals surface area contributed by atoms with Crippen LogP contribution in [0.5, 0.6) is 5.75 Å². The lowest BCUT2D eigenvalue weighted by molar-refractivity contribution is 0.172. The number of aryl methyl sites for hydroxylation is 1. The van der Waals surface area contributed by atoms with Gasteiger partial charge in [-0.05, 0) is 28.6 Å². The quantitative estimate of drug-likeness (QED) is 0.673. The summed E-state index contributed by atoms with van der Waals surface area (Å²) in [5.74, 6) is 1.53. The van der Waals surface area contributed by atoms with Crippen LogP contribution in [-0.4, -0.2) is 20.2 Å². The Balaban J connectivity index is 2.04. The molecule has 1 aliphatic heterocycles. The molecule has 1 aromatic carbocycles. The van der Waals surface area contributed by atoms with Crippen LogP contribution in [0.2, 0.25) is 0 Å². The van der Waals surface area contributed by atoms with Crippen molar-refractivity contribution in [3.8, 4) is 5.75 Å². The zero-order valence-electron chi connectivity index (χ0n) is 8.08. The number of tetrazole rings is 1. The van der Waals surface area contributed by atoms with Crippen molar-refractivity contribution >= 4 is 5.69 Å². The summed E-state index contributed by atoms with van der Waals surface area (Å²) >= 11 is 0. The fraction of sp³-hybridized carbons (Fsp3) is 0.222. The molecule has 15 heavy (non-hydrogen) atoms. The van der Waals surface area contributed by atoms with Crippen LogP contribution in [0.3, 0.4) is 0 Å². The molecule has 0 aliphatic carbocycles. The van der Waals surface area contributed by atoms with E-state index in [9.17, 15) is 0 Å². The van der Waals surface area contributed by atoms with Crippen molar-refractivity contribution in [2.45, 2.75) is 6.10 Å². The minimum atomic E-state index is -0.191. The van der Waals surface area contributed by atoms with Crippen molar-refractivity contribution in [2.24, 2.45) is 7.05 Å². The number of rotatable bonds is 1. The van der Waals surface area contributed by atoms with E-state index in [0.29, 0.717) is 5.82 Å². The second-order valence-electron chi connectivity index (χ2n) is 3.46. The zero-order chi connectivity index (χ0) is 10.4. The lowest BCUT2D eigenvalue weighted by atomic mass is 10.0. The normalized spacial score (nSPS) is 17.8. The topological polar surface area (TPSA) is 78.8 Å². The predicted octanol–water partition coefficient (Wildman–Crippen LogP) is 0.274. The third-order valence-electron chi connectivity index (χ3n) is 2.45. The number of ether oxygens (including phenoxy) is 1. The van der Waals surface area contributed by atoms with E-state index in [2.05, 4.69) is 15.5 Å². The number of benzene rings is 1. The van der Waals surface area contributed by atoms with Crippen LogP contribution in [-0.2, 0) is 7.05 Å². The first-order valence-corrected chi connectivity index (χ1v) is 4.54. The van der Waals surface area contributed by atoms with Crippen molar-refractivity contribution in [3.63, 3.8) is 0 Å². The molecule has 1 atom stereocenters. The van der Waals surface area contributed by atoms with E-state index in [1.807, 2.05) is 18.2 Å². The first-order chi connectivity index (χ1) is 7.25. The van der Waals surface area contributed by atoms with E-state index in [0.717, 1.165) is 17.0 Å². The maximum absolute atomic E-state index is 5.70. The van der Waals surface area contributed by atoms with Crippen LogP contribution in [0.15, 0.2) is 18.2 Å². The van der Waals surface area contributed by atoms with Crippen molar-refractivity contribution in [1.29, 1.82) is 0 Å². The Morgan fingerprint density at radius 1 is 1.47 bits per heavy atom. The van der Waals surface area contributed by atoms with Gasteiger partial charge in [-0.15, -0.1) is 5.10 Å². The third-order valence-corrected chi connectivity index (χ3v) is 2.45. The Kier molecular flexibility index (Phi) is 1.47. The molecule has 0 bridgehead atoms. The highest BCUT2D eigenvalue weighted by Gasteiger charge is 2.33. The van der Waals surface area contributed by atoms with Crippen LogP contribution in [0.25, 0.3) is 0 Å². The van der Waals surface area contributed by atoms with Gasteiger partial charge in [0, 0.05) is 18.3 Å². The molecule has 6 nitrogen and oxygen atoms in total. The minimum Gasteiger partial charge on any atom is -0.477 e. The second-order valence-corrected chi connectivity index (χ2v) is 3.46. The standard InChI is InChI=1S/C9H9N5O/c1-14-9(11-12-13-14)8-6-4-5(10)2-3-7(6)15-8/h2-4,8H,10H2,1H3. The summed E-state index contributed by atoms with van der Waals surface area (Å²) in [5, 5.41) is 11.2. The van der Waals surface area contributed by atoms with Gasteiger partial charge in [-0.3, -0.25) is 0 Å². The fourth-order valence-corrected chi connectivity index (χ4v) is 1.66. The molecule has 1 unspecified atom stereocenters. The molecular weight excluding hydrogens is 194 g/mol. The number of aromatic nitrogens is 4. The minimum absolute atomic E-state index is 0.191. The Hall–Kier alpha value is -2.11. The highest BCUT2D eigenvalue weighted by Crippen LogP contribution is 2.42. The van der Waals surface area contributed by atoms with Crippen molar-refractivity contribution in [3.05, 3.63) is 29.6 Å². The van der Waals surface area contributed by atoms with E-state index in [1.54, 1.807) is 11.7 Å². The number of nitrogen functional groups attached to an aromatic ring is 1. The molecule has 0 saturated carbocycles. The van der Waals surface area contributed by atoms with Gasteiger partial charge in [-0.1, -0.05) is 0 Å². The summed E-state index contributed by atoms with van der Waals surface area (Å²) in [7, 11) is 1.78. The van der Waals surface area contributed by atoms with Crippen LogP contribution in [0.4, 0.5) is 5.69 Å². The van der Waals surface area contributed by atoms with Crippen molar-refractivity contribution < 1.29 is 4.74 Å². The van der Waals surface area contributed by atoms with Crippen molar-refractivity contribution in [2.75, 3.05) is 5.73 Å². The molecule has 2 N–H and O–H groups in total. The van der Waals surface area contributed by atoms with Gasteiger partial charge in [-0.2, -0.15) is 0 Å². The molecule has 0 fully saturated rings. The van der Waals surface area contributed by atoms with Crippen LogP contribution >= 0.6 is 0 Å². The molecule has 0 saturated heterocycles. The van der Waals surface area contributed by atoms with Gasteiger partial charge < -0.3 is 10.5 Å². The highest BCUT2D eigenvalue weighted by atomic mass is 16.5. The zero-order valence-corrected chi connectivity index (χ0v) is 8.08. The molecule has 1 aromatic heterocycles. The van der Waals surface area contributed by atoms with E-state index in [1.165, 1.54) is 0 Å². The largest absolute Gasteiger partial charge is 0.477 e. The van der Waals surface area contributed by atoms with E-state index in [4.69, 9.17) is 10.5 Å². The van der Waals surface area contributed by atoms with E-state index >= 15 is 0 Å². The summed E-state index contributed by atoms with van der Waals surface area (Å²) in [4.78, 5) is 0. The number of nitrogens with zero attached hydrogens (tertiary/aromatic N) is 4. The Labute approximate surface area is 85.6 Å². The molecule has 3 rings (SSSR count). The van der Waals surface area contributed by atoms with Gasteiger partial charge in [0.15, 0.2) is 11.9 Å². The average molecular weight is 203 g/mol. The maximum atomic E-state index is 5.70. The van der Waals surface area contributed by atoms with Gasteiger partial charge in [0.1, 0.15) is 5.75 Å². The van der Waals surface area contributed by atoms with E-state index < -0.39 is 0 Å². The molecule has 0 radical (unpaired) electrons. The molecule has 1 aliphatic rings. The van der Waals surface area contributed by atoms with Gasteiger partial charge in [0.2, 0.25) is 0 Å². The SMILES string of the molecule is Cn1nnnc1C1Oc2ccc(N)cc21. The molecule has 0 spiro atoms. The van der Waals surface area contributed by atoms with Gasteiger partial charge in [0.25, 0.3) is 0 Å². The van der Waals surface area contributed by atoms with Crippen LogP contribution in [0.1, 0.15) is 17.5 Å². The van der Waals surface area contributed by atoms with Gasteiger partial charge >= 0.3 is 0 Å². The maximum Gasteiger partial charge on any atom is 0.196 e. The molecule has 2 heterocycles. The van der Waals surface area contributed by atoms with E-state index in [-0.39, 0.29) is 6.10 Å². The number of hydrogen-bond acceptors (Lipinski definition) is 5. The van der Waals surface area contributed by atoms with Crippen LogP contribution in [0, 0.1) is 0 Å². The lowest BCUT2D eigenvalue weighted by Gasteiger charge is -2.29. The Morgan fingerprint density at radius 2 is 2.33 bits per heavy atom. The van der Waals surface area contributed by atoms with Gasteiger partial charge in [-0.25, -0.2) is 4.68 Å². The van der Waals surface area contributed by atoms with Crippen molar-refractivity contribution in [1.82, 2.24) is 20.2 Å². The summed E-state index contributed by atoms with van der Waals surface area (Å²) in [6, 6.07) is 5.55. The lowest BCUT2D eigenvalue weighted by Crippen LogP contribution is -2.23. The average Bonchev–Trinajstić information content (AvgIpc) is 2.58. The smallest absolute Gasteiger partial charge is 0.196 e.